The summed E-state index contributed by atoms with van der Waals surface area (Å²) in [6.45, 7) is 2.48. The molecule has 0 radical (unpaired) electrons. The van der Waals surface area contributed by atoms with Crippen LogP contribution in [-0.2, 0) is 13.6 Å². The fourth-order valence-corrected chi connectivity index (χ4v) is 1.42. The topological polar surface area (TPSA) is 87.4 Å². The Hall–Kier alpha value is -1.40. The van der Waals surface area contributed by atoms with Crippen LogP contribution in [0.4, 0.5) is 0 Å². The lowest BCUT2D eigenvalue weighted by Gasteiger charge is -2.12. The van der Waals surface area contributed by atoms with E-state index in [1.165, 1.54) is 6.20 Å². The number of carboxylic acid groups (broad SMARTS) is 1. The van der Waals surface area contributed by atoms with Gasteiger partial charge in [-0.05, 0) is 13.3 Å². The Balaban J connectivity index is 2.65. The maximum Gasteiger partial charge on any atom is 0.339 e. The molecule has 6 nitrogen and oxygen atoms in total. The number of nitrogens with one attached hydrogen (secondary N) is 1. The number of aromatic carboxylic acids is 1. The fraction of sp³-hybridized carbons (Fsp3) is 0.600. The van der Waals surface area contributed by atoms with Gasteiger partial charge in [0.1, 0.15) is 5.56 Å². The molecule has 0 bridgehead atoms. The first-order chi connectivity index (χ1) is 7.56. The number of carbonyl (C=O) groups is 1. The minimum atomic E-state index is -0.972. The Bertz CT molecular complexity index is 362. The van der Waals surface area contributed by atoms with E-state index in [1.807, 2.05) is 6.92 Å². The highest BCUT2D eigenvalue weighted by Crippen LogP contribution is 2.07. The third kappa shape index (κ3) is 3.04. The van der Waals surface area contributed by atoms with Crippen molar-refractivity contribution in [2.75, 3.05) is 6.61 Å². The first-order valence-corrected chi connectivity index (χ1v) is 5.14. The fourth-order valence-electron chi connectivity index (χ4n) is 1.42. The summed E-state index contributed by atoms with van der Waals surface area (Å²) in [5, 5.41) is 24.7. The molecular weight excluding hydrogens is 210 g/mol. The summed E-state index contributed by atoms with van der Waals surface area (Å²) < 4.78 is 1.54. The highest BCUT2D eigenvalue weighted by atomic mass is 16.4. The van der Waals surface area contributed by atoms with Crippen molar-refractivity contribution in [3.8, 4) is 0 Å². The Labute approximate surface area is 93.9 Å². The van der Waals surface area contributed by atoms with Gasteiger partial charge in [-0.1, -0.05) is 0 Å². The zero-order valence-corrected chi connectivity index (χ0v) is 9.47. The van der Waals surface area contributed by atoms with Crippen LogP contribution in [0.15, 0.2) is 6.20 Å². The van der Waals surface area contributed by atoms with Crippen LogP contribution >= 0.6 is 0 Å². The lowest BCUT2D eigenvalue weighted by molar-refractivity contribution is 0.0695. The average Bonchev–Trinajstić information content (AvgIpc) is 2.57. The zero-order valence-electron chi connectivity index (χ0n) is 9.47. The summed E-state index contributed by atoms with van der Waals surface area (Å²) in [4.78, 5) is 10.9. The van der Waals surface area contributed by atoms with E-state index in [0.717, 1.165) is 0 Å². The SMILES string of the molecule is CC(CCO)NCc1c(C(=O)O)cnn1C. The standard InChI is InChI=1S/C10H17N3O3/c1-7(3-4-14)11-6-9-8(10(15)16)5-12-13(9)2/h5,7,11,14H,3-4,6H2,1-2H3,(H,15,16). The van der Waals surface area contributed by atoms with E-state index in [9.17, 15) is 4.79 Å². The molecule has 1 rings (SSSR count). The third-order valence-electron chi connectivity index (χ3n) is 2.47. The first-order valence-electron chi connectivity index (χ1n) is 5.14. The van der Waals surface area contributed by atoms with E-state index in [0.29, 0.717) is 18.7 Å². The summed E-state index contributed by atoms with van der Waals surface area (Å²) in [5.41, 5.74) is 0.850. The van der Waals surface area contributed by atoms with Crippen LogP contribution in [0.5, 0.6) is 0 Å². The predicted octanol–water partition coefficient (Wildman–Crippen LogP) is -0.0212. The molecule has 1 heterocycles. The van der Waals surface area contributed by atoms with Gasteiger partial charge < -0.3 is 15.5 Å². The monoisotopic (exact) mass is 227 g/mol. The maximum absolute atomic E-state index is 10.9. The van der Waals surface area contributed by atoms with Crippen LogP contribution in [0.25, 0.3) is 0 Å². The molecule has 0 spiro atoms. The molecule has 0 aromatic carbocycles. The Kier molecular flexibility index (Phi) is 4.45. The minimum Gasteiger partial charge on any atom is -0.478 e. The van der Waals surface area contributed by atoms with Crippen LogP contribution in [0.1, 0.15) is 29.4 Å². The quantitative estimate of drug-likeness (QED) is 0.635. The minimum absolute atomic E-state index is 0.116. The number of aliphatic hydroxyl groups excluding tert-OH is 1. The van der Waals surface area contributed by atoms with Crippen LogP contribution in [0.3, 0.4) is 0 Å². The summed E-state index contributed by atoms with van der Waals surface area (Å²) in [6.07, 6.45) is 1.98. The van der Waals surface area contributed by atoms with E-state index in [-0.39, 0.29) is 18.2 Å². The summed E-state index contributed by atoms with van der Waals surface area (Å²) in [7, 11) is 1.71. The Morgan fingerprint density at radius 3 is 2.94 bits per heavy atom. The number of aryl methyl sites for hydroxylation is 1. The van der Waals surface area contributed by atoms with Gasteiger partial charge in [-0.2, -0.15) is 5.10 Å². The lowest BCUT2D eigenvalue weighted by atomic mass is 10.2. The van der Waals surface area contributed by atoms with Crippen molar-refractivity contribution < 1.29 is 15.0 Å². The molecule has 6 heteroatoms. The highest BCUT2D eigenvalue weighted by Gasteiger charge is 2.15. The van der Waals surface area contributed by atoms with Crippen molar-refractivity contribution in [2.45, 2.75) is 25.9 Å². The van der Waals surface area contributed by atoms with Gasteiger partial charge in [0.2, 0.25) is 0 Å². The second-order valence-electron chi connectivity index (χ2n) is 3.73. The number of hydrogen-bond donors (Lipinski definition) is 3. The van der Waals surface area contributed by atoms with Crippen molar-refractivity contribution in [3.05, 3.63) is 17.5 Å². The van der Waals surface area contributed by atoms with Crippen LogP contribution in [-0.4, -0.2) is 38.6 Å². The zero-order chi connectivity index (χ0) is 12.1. The van der Waals surface area contributed by atoms with Crippen molar-refractivity contribution >= 4 is 5.97 Å². The van der Waals surface area contributed by atoms with Crippen LogP contribution in [0, 0.1) is 0 Å². The summed E-state index contributed by atoms with van der Waals surface area (Å²) in [6, 6.07) is 0.140. The number of rotatable bonds is 6. The average molecular weight is 227 g/mol. The number of hydrogen-bond acceptors (Lipinski definition) is 4. The molecule has 1 aromatic heterocycles. The molecule has 1 unspecified atom stereocenters. The van der Waals surface area contributed by atoms with E-state index >= 15 is 0 Å². The normalized spacial score (nSPS) is 12.7. The molecule has 0 saturated carbocycles. The summed E-state index contributed by atoms with van der Waals surface area (Å²) >= 11 is 0. The van der Waals surface area contributed by atoms with Gasteiger partial charge in [0.25, 0.3) is 0 Å². The van der Waals surface area contributed by atoms with Gasteiger partial charge in [-0.25, -0.2) is 4.79 Å². The molecule has 1 atom stereocenters. The van der Waals surface area contributed by atoms with Crippen molar-refractivity contribution in [2.24, 2.45) is 7.05 Å². The maximum atomic E-state index is 10.9. The van der Waals surface area contributed by atoms with Gasteiger partial charge >= 0.3 is 5.97 Å². The van der Waals surface area contributed by atoms with E-state index in [2.05, 4.69) is 10.4 Å². The van der Waals surface area contributed by atoms with E-state index in [4.69, 9.17) is 10.2 Å². The van der Waals surface area contributed by atoms with Gasteiger partial charge in [0, 0.05) is 26.2 Å². The Morgan fingerprint density at radius 1 is 1.69 bits per heavy atom. The van der Waals surface area contributed by atoms with Gasteiger partial charge in [0.15, 0.2) is 0 Å². The molecule has 0 fully saturated rings. The van der Waals surface area contributed by atoms with Crippen LogP contribution < -0.4 is 5.32 Å². The number of aliphatic hydroxyl groups is 1. The van der Waals surface area contributed by atoms with Gasteiger partial charge in [-0.15, -0.1) is 0 Å². The molecule has 1 aromatic rings. The van der Waals surface area contributed by atoms with E-state index in [1.54, 1.807) is 11.7 Å². The molecular formula is C10H17N3O3. The molecule has 3 N–H and O–H groups in total. The van der Waals surface area contributed by atoms with Crippen molar-refractivity contribution in [1.29, 1.82) is 0 Å². The van der Waals surface area contributed by atoms with Gasteiger partial charge in [0.05, 0.1) is 11.9 Å². The predicted molar refractivity (Wildman–Crippen MR) is 58.2 cm³/mol. The summed E-state index contributed by atoms with van der Waals surface area (Å²) in [5.74, 6) is -0.972. The van der Waals surface area contributed by atoms with Crippen LogP contribution in [0.2, 0.25) is 0 Å². The molecule has 16 heavy (non-hydrogen) atoms. The van der Waals surface area contributed by atoms with Gasteiger partial charge in [-0.3, -0.25) is 4.68 Å². The molecule has 0 aliphatic heterocycles. The molecule has 0 saturated heterocycles. The molecule has 0 aliphatic carbocycles. The first kappa shape index (κ1) is 12.7. The van der Waals surface area contributed by atoms with E-state index < -0.39 is 5.97 Å². The number of carboxylic acids is 1. The second kappa shape index (κ2) is 5.62. The number of aromatic nitrogens is 2. The molecule has 90 valence electrons. The number of nitrogens with zero attached hydrogens (tertiary/aromatic N) is 2. The Morgan fingerprint density at radius 2 is 2.38 bits per heavy atom. The van der Waals surface area contributed by atoms with Crippen molar-refractivity contribution in [1.82, 2.24) is 15.1 Å². The highest BCUT2D eigenvalue weighted by molar-refractivity contribution is 5.88. The second-order valence-corrected chi connectivity index (χ2v) is 3.73. The lowest BCUT2D eigenvalue weighted by Crippen LogP contribution is -2.28. The molecule has 0 amide bonds. The smallest absolute Gasteiger partial charge is 0.339 e. The van der Waals surface area contributed by atoms with Crippen molar-refractivity contribution in [3.63, 3.8) is 0 Å². The third-order valence-corrected chi connectivity index (χ3v) is 2.47. The largest absolute Gasteiger partial charge is 0.478 e. The molecule has 0 aliphatic rings.